The fraction of sp³-hybridized carbons (Fsp3) is 0.364. The Kier molecular flexibility index (Phi) is 6.93. The van der Waals surface area contributed by atoms with E-state index in [0.29, 0.717) is 6.42 Å². The Morgan fingerprint density at radius 3 is 2.22 bits per heavy atom. The number of benzene rings is 2. The van der Waals surface area contributed by atoms with Gasteiger partial charge in [0.15, 0.2) is 0 Å². The highest BCUT2D eigenvalue weighted by Gasteiger charge is 2.29. The number of hydrogen-bond donors (Lipinski definition) is 1. The average molecular weight is 383 g/mol. The van der Waals surface area contributed by atoms with Gasteiger partial charge in [0.25, 0.3) is 0 Å². The lowest BCUT2D eigenvalue weighted by Crippen LogP contribution is -2.50. The van der Waals surface area contributed by atoms with E-state index in [9.17, 15) is 9.59 Å². The number of rotatable bonds is 7. The molecule has 1 N–H and O–H groups in total. The van der Waals surface area contributed by atoms with Crippen molar-refractivity contribution >= 4 is 23.6 Å². The fourth-order valence-corrected chi connectivity index (χ4v) is 4.15. The summed E-state index contributed by atoms with van der Waals surface area (Å²) in [6, 6.07) is 19.2. The molecule has 1 aliphatic heterocycles. The molecule has 0 radical (unpaired) electrons. The predicted molar refractivity (Wildman–Crippen MR) is 110 cm³/mol. The van der Waals surface area contributed by atoms with Gasteiger partial charge in [0.05, 0.1) is 5.25 Å². The van der Waals surface area contributed by atoms with Crippen LogP contribution in [-0.4, -0.2) is 41.1 Å². The lowest BCUT2D eigenvalue weighted by molar-refractivity contribution is -0.135. The van der Waals surface area contributed by atoms with E-state index in [1.165, 1.54) is 11.8 Å². The van der Waals surface area contributed by atoms with Crippen LogP contribution in [-0.2, 0) is 16.0 Å². The molecule has 27 heavy (non-hydrogen) atoms. The zero-order valence-electron chi connectivity index (χ0n) is 15.6. The van der Waals surface area contributed by atoms with Gasteiger partial charge in [-0.1, -0.05) is 48.5 Å². The molecule has 0 aliphatic carbocycles. The second-order valence-electron chi connectivity index (χ2n) is 6.86. The smallest absolute Gasteiger partial charge is 0.245 e. The van der Waals surface area contributed by atoms with Crippen molar-refractivity contribution in [1.29, 1.82) is 0 Å². The van der Waals surface area contributed by atoms with Gasteiger partial charge in [-0.05, 0) is 37.5 Å². The van der Waals surface area contributed by atoms with Gasteiger partial charge >= 0.3 is 0 Å². The Morgan fingerprint density at radius 2 is 1.59 bits per heavy atom. The molecule has 0 spiro atoms. The molecule has 2 unspecified atom stereocenters. The van der Waals surface area contributed by atoms with E-state index in [4.69, 9.17) is 0 Å². The fourth-order valence-electron chi connectivity index (χ4n) is 3.25. The van der Waals surface area contributed by atoms with Crippen LogP contribution in [0, 0.1) is 0 Å². The molecule has 2 aromatic carbocycles. The molecule has 3 rings (SSSR count). The molecule has 2 aromatic rings. The second-order valence-corrected chi connectivity index (χ2v) is 8.27. The lowest BCUT2D eigenvalue weighted by atomic mass is 10.0. The third-order valence-electron chi connectivity index (χ3n) is 4.74. The predicted octanol–water partition coefficient (Wildman–Crippen LogP) is 3.52. The van der Waals surface area contributed by atoms with Crippen LogP contribution in [0.25, 0.3) is 0 Å². The quantitative estimate of drug-likeness (QED) is 0.746. The molecule has 142 valence electrons. The summed E-state index contributed by atoms with van der Waals surface area (Å²) in [4.78, 5) is 28.7. The number of nitrogens with one attached hydrogen (secondary N) is 1. The van der Waals surface area contributed by atoms with E-state index in [1.807, 2.05) is 72.5 Å². The maximum Gasteiger partial charge on any atom is 0.245 e. The van der Waals surface area contributed by atoms with Crippen molar-refractivity contribution in [2.75, 3.05) is 13.1 Å². The summed E-state index contributed by atoms with van der Waals surface area (Å²) in [5, 5.41) is 2.74. The molecule has 0 aromatic heterocycles. The molecule has 1 heterocycles. The van der Waals surface area contributed by atoms with E-state index in [2.05, 4.69) is 5.32 Å². The molecule has 2 atom stereocenters. The second kappa shape index (κ2) is 9.60. The first-order valence-corrected chi connectivity index (χ1v) is 10.4. The van der Waals surface area contributed by atoms with Crippen LogP contribution in [0.2, 0.25) is 0 Å². The molecule has 2 amide bonds. The van der Waals surface area contributed by atoms with E-state index < -0.39 is 6.04 Å². The highest BCUT2D eigenvalue weighted by Crippen LogP contribution is 2.23. The van der Waals surface area contributed by atoms with Crippen molar-refractivity contribution in [2.45, 2.75) is 42.4 Å². The van der Waals surface area contributed by atoms with E-state index in [0.717, 1.165) is 36.4 Å². The van der Waals surface area contributed by atoms with Crippen molar-refractivity contribution in [3.8, 4) is 0 Å². The van der Waals surface area contributed by atoms with Crippen molar-refractivity contribution in [3.63, 3.8) is 0 Å². The van der Waals surface area contributed by atoms with Crippen LogP contribution in [0.3, 0.4) is 0 Å². The largest absolute Gasteiger partial charge is 0.343 e. The van der Waals surface area contributed by atoms with Crippen LogP contribution < -0.4 is 5.32 Å². The number of hydrogen-bond acceptors (Lipinski definition) is 3. The van der Waals surface area contributed by atoms with Crippen LogP contribution in [0.1, 0.15) is 25.3 Å². The van der Waals surface area contributed by atoms with Crippen LogP contribution >= 0.6 is 11.8 Å². The Balaban J connectivity index is 1.67. The van der Waals surface area contributed by atoms with Crippen LogP contribution in [0.5, 0.6) is 0 Å². The summed E-state index contributed by atoms with van der Waals surface area (Å²) in [5.74, 6) is -0.0704. The van der Waals surface area contributed by atoms with Crippen molar-refractivity contribution in [3.05, 3.63) is 66.2 Å². The first-order chi connectivity index (χ1) is 13.1. The van der Waals surface area contributed by atoms with E-state index in [-0.39, 0.29) is 17.1 Å². The minimum absolute atomic E-state index is 0.0293. The number of amides is 2. The highest BCUT2D eigenvalue weighted by atomic mass is 32.2. The van der Waals surface area contributed by atoms with Gasteiger partial charge in [-0.15, -0.1) is 11.8 Å². The first-order valence-electron chi connectivity index (χ1n) is 9.48. The zero-order valence-corrected chi connectivity index (χ0v) is 16.5. The van der Waals surface area contributed by atoms with Crippen molar-refractivity contribution in [2.24, 2.45) is 0 Å². The summed E-state index contributed by atoms with van der Waals surface area (Å²) in [7, 11) is 0. The normalized spacial score (nSPS) is 16.0. The van der Waals surface area contributed by atoms with Crippen molar-refractivity contribution in [1.82, 2.24) is 10.2 Å². The standard InChI is InChI=1S/C22H26N2O2S/c1-17(27-19-12-6-3-7-13-19)21(25)23-20(16-18-10-4-2-5-11-18)22(26)24-14-8-9-15-24/h2-7,10-13,17,20H,8-9,14-16H2,1H3,(H,23,25). The summed E-state index contributed by atoms with van der Waals surface area (Å²) >= 11 is 1.51. The van der Waals surface area contributed by atoms with E-state index in [1.54, 1.807) is 0 Å². The molecule has 5 heteroatoms. The monoisotopic (exact) mass is 382 g/mol. The Hall–Kier alpha value is -2.27. The molecular formula is C22H26N2O2S. The molecule has 0 saturated carbocycles. The average Bonchev–Trinajstić information content (AvgIpc) is 3.23. The minimum Gasteiger partial charge on any atom is -0.343 e. The number of carbonyl (C=O) groups is 2. The summed E-state index contributed by atoms with van der Waals surface area (Å²) in [5.41, 5.74) is 1.05. The topological polar surface area (TPSA) is 49.4 Å². The summed E-state index contributed by atoms with van der Waals surface area (Å²) in [6.07, 6.45) is 2.60. The number of likely N-dealkylation sites (tertiary alicyclic amines) is 1. The molecular weight excluding hydrogens is 356 g/mol. The van der Waals surface area contributed by atoms with Gasteiger partial charge in [-0.2, -0.15) is 0 Å². The SMILES string of the molecule is CC(Sc1ccccc1)C(=O)NC(Cc1ccccc1)C(=O)N1CCCC1. The third kappa shape index (κ3) is 5.60. The van der Waals surface area contributed by atoms with Gasteiger partial charge in [0.2, 0.25) is 11.8 Å². The van der Waals surface area contributed by atoms with Crippen molar-refractivity contribution < 1.29 is 9.59 Å². The number of carbonyl (C=O) groups excluding carboxylic acids is 2. The number of nitrogens with zero attached hydrogens (tertiary/aromatic N) is 1. The number of thioether (sulfide) groups is 1. The lowest BCUT2D eigenvalue weighted by Gasteiger charge is -2.25. The van der Waals surface area contributed by atoms with Gasteiger partial charge in [0.1, 0.15) is 6.04 Å². The van der Waals surface area contributed by atoms with Gasteiger partial charge in [0, 0.05) is 24.4 Å². The van der Waals surface area contributed by atoms with Crippen LogP contribution in [0.15, 0.2) is 65.6 Å². The Bertz CT molecular complexity index is 745. The first kappa shape index (κ1) is 19.5. The zero-order chi connectivity index (χ0) is 19.1. The van der Waals surface area contributed by atoms with Gasteiger partial charge in [-0.25, -0.2) is 0 Å². The third-order valence-corrected chi connectivity index (χ3v) is 5.85. The highest BCUT2D eigenvalue weighted by molar-refractivity contribution is 8.00. The summed E-state index contributed by atoms with van der Waals surface area (Å²) in [6.45, 7) is 3.45. The van der Waals surface area contributed by atoms with Crippen LogP contribution in [0.4, 0.5) is 0 Å². The Labute approximate surface area is 165 Å². The minimum atomic E-state index is -0.517. The van der Waals surface area contributed by atoms with E-state index >= 15 is 0 Å². The molecule has 1 fully saturated rings. The molecule has 1 saturated heterocycles. The Morgan fingerprint density at radius 1 is 1.00 bits per heavy atom. The molecule has 4 nitrogen and oxygen atoms in total. The molecule has 0 bridgehead atoms. The maximum atomic E-state index is 13.0. The molecule has 1 aliphatic rings. The maximum absolute atomic E-state index is 13.0. The van der Waals surface area contributed by atoms with Gasteiger partial charge < -0.3 is 10.2 Å². The summed E-state index contributed by atoms with van der Waals surface area (Å²) < 4.78 is 0. The van der Waals surface area contributed by atoms with Gasteiger partial charge in [-0.3, -0.25) is 9.59 Å².